The molecular weight excluding hydrogens is 549 g/mol. The van der Waals surface area contributed by atoms with Crippen molar-refractivity contribution in [3.63, 3.8) is 0 Å². The number of halogens is 2. The maximum Gasteiger partial charge on any atom is 0.326 e. The average molecular weight is 574 g/mol. The lowest BCUT2D eigenvalue weighted by molar-refractivity contribution is -0.144. The molecule has 10 nitrogen and oxygen atoms in total. The van der Waals surface area contributed by atoms with Crippen LogP contribution < -0.4 is 15.4 Å². The number of nitrogens with one attached hydrogen (secondary N) is 2. The van der Waals surface area contributed by atoms with Crippen LogP contribution in [0.25, 0.3) is 0 Å². The normalized spacial score (nSPS) is 17.3. The molecular formula is C27H25Cl2N3O7. The number of carboxylic acids is 1. The molecule has 204 valence electrons. The second-order valence-corrected chi connectivity index (χ2v) is 9.42. The molecule has 0 aliphatic carbocycles. The van der Waals surface area contributed by atoms with Crippen molar-refractivity contribution in [2.75, 3.05) is 6.79 Å². The lowest BCUT2D eigenvalue weighted by atomic mass is 10.0. The predicted octanol–water partition coefficient (Wildman–Crippen LogP) is 3.14. The summed E-state index contributed by atoms with van der Waals surface area (Å²) in [6, 6.07) is 14.1. The van der Waals surface area contributed by atoms with Crippen molar-refractivity contribution >= 4 is 41.0 Å². The smallest absolute Gasteiger partial charge is 0.326 e. The number of carbonyl (C=O) groups is 3. The molecule has 0 unspecified atom stereocenters. The molecule has 3 atom stereocenters. The highest BCUT2D eigenvalue weighted by Crippen LogP contribution is 2.26. The van der Waals surface area contributed by atoms with Crippen LogP contribution >= 0.6 is 23.2 Å². The third-order valence-corrected chi connectivity index (χ3v) is 6.63. The number of pyridine rings is 1. The van der Waals surface area contributed by atoms with Crippen LogP contribution in [-0.4, -0.2) is 52.9 Å². The van der Waals surface area contributed by atoms with Gasteiger partial charge in [-0.2, -0.15) is 0 Å². The zero-order chi connectivity index (χ0) is 27.8. The van der Waals surface area contributed by atoms with Crippen LogP contribution in [0.4, 0.5) is 0 Å². The van der Waals surface area contributed by atoms with E-state index in [1.54, 1.807) is 67.0 Å². The van der Waals surface area contributed by atoms with Crippen LogP contribution in [0, 0.1) is 0 Å². The van der Waals surface area contributed by atoms with Crippen LogP contribution in [0.15, 0.2) is 67.0 Å². The van der Waals surface area contributed by atoms with Crippen molar-refractivity contribution in [2.24, 2.45) is 0 Å². The van der Waals surface area contributed by atoms with Gasteiger partial charge < -0.3 is 30.0 Å². The van der Waals surface area contributed by atoms with Gasteiger partial charge in [-0.05, 0) is 47.5 Å². The summed E-state index contributed by atoms with van der Waals surface area (Å²) >= 11 is 12.3. The quantitative estimate of drug-likeness (QED) is 0.318. The van der Waals surface area contributed by atoms with E-state index < -0.39 is 36.0 Å². The first-order valence-corrected chi connectivity index (χ1v) is 12.6. The van der Waals surface area contributed by atoms with E-state index in [0.717, 1.165) is 5.56 Å². The Labute approximate surface area is 234 Å². The fourth-order valence-corrected chi connectivity index (χ4v) is 4.32. The first kappa shape index (κ1) is 28.3. The molecule has 1 aliphatic rings. The van der Waals surface area contributed by atoms with Gasteiger partial charge in [0.25, 0.3) is 11.8 Å². The number of aromatic nitrogens is 1. The second kappa shape index (κ2) is 13.4. The molecule has 12 heteroatoms. The molecule has 1 fully saturated rings. The Hall–Kier alpha value is -3.70. The fourth-order valence-electron chi connectivity index (χ4n) is 3.81. The molecule has 39 heavy (non-hydrogen) atoms. The van der Waals surface area contributed by atoms with Crippen LogP contribution in [-0.2, 0) is 43.4 Å². The molecule has 0 saturated carbocycles. The van der Waals surface area contributed by atoms with E-state index in [9.17, 15) is 19.5 Å². The Balaban J connectivity index is 1.32. The molecule has 0 radical (unpaired) electrons. The van der Waals surface area contributed by atoms with Crippen molar-refractivity contribution in [3.05, 3.63) is 93.7 Å². The minimum absolute atomic E-state index is 0.00974. The topological polar surface area (TPSA) is 136 Å². The number of carbonyl (C=O) groups excluding carboxylic acids is 2. The molecule has 0 spiro atoms. The summed E-state index contributed by atoms with van der Waals surface area (Å²) < 4.78 is 16.3. The van der Waals surface area contributed by atoms with Gasteiger partial charge in [0.2, 0.25) is 0 Å². The number of ether oxygens (including phenoxy) is 3. The number of amides is 2. The maximum atomic E-state index is 12.9. The van der Waals surface area contributed by atoms with Crippen LogP contribution in [0.1, 0.15) is 16.7 Å². The van der Waals surface area contributed by atoms with Gasteiger partial charge in [-0.1, -0.05) is 41.4 Å². The van der Waals surface area contributed by atoms with Gasteiger partial charge in [0, 0.05) is 41.0 Å². The summed E-state index contributed by atoms with van der Waals surface area (Å²) in [6.07, 6.45) is 0.664. The van der Waals surface area contributed by atoms with E-state index >= 15 is 0 Å². The fraction of sp³-hybridized carbons (Fsp3) is 0.259. The zero-order valence-electron chi connectivity index (χ0n) is 20.5. The molecule has 1 aliphatic heterocycles. The molecule has 1 saturated heterocycles. The largest absolute Gasteiger partial charge is 0.489 e. The number of hydrogen-bond acceptors (Lipinski definition) is 7. The maximum absolute atomic E-state index is 12.9. The lowest BCUT2D eigenvalue weighted by Gasteiger charge is -2.20. The molecule has 3 aromatic rings. The van der Waals surface area contributed by atoms with E-state index in [4.69, 9.17) is 37.4 Å². The number of benzene rings is 2. The number of nitrogens with zero attached hydrogens (tertiary/aromatic N) is 1. The Kier molecular flexibility index (Phi) is 9.72. The summed E-state index contributed by atoms with van der Waals surface area (Å²) in [5.74, 6) is -2.03. The van der Waals surface area contributed by atoms with Gasteiger partial charge in [-0.3, -0.25) is 14.6 Å². The number of rotatable bonds is 11. The van der Waals surface area contributed by atoms with Crippen molar-refractivity contribution in [1.29, 1.82) is 0 Å². The molecule has 0 bridgehead atoms. The second-order valence-electron chi connectivity index (χ2n) is 8.60. The van der Waals surface area contributed by atoms with E-state index in [-0.39, 0.29) is 26.4 Å². The highest BCUT2D eigenvalue weighted by Gasteiger charge is 2.41. The predicted molar refractivity (Wildman–Crippen MR) is 141 cm³/mol. The van der Waals surface area contributed by atoms with E-state index in [1.165, 1.54) is 0 Å². The zero-order valence-corrected chi connectivity index (χ0v) is 22.0. The monoisotopic (exact) mass is 573 g/mol. The van der Waals surface area contributed by atoms with Crippen LogP contribution in [0.2, 0.25) is 10.0 Å². The SMILES string of the molecule is O=C(O)[C@H](Cc1ccc(OCc2c(Cl)cccc2Cl)cc1)NC(=O)[C@@H]1OCO[C@H]1C(=O)NCc1ccncc1. The van der Waals surface area contributed by atoms with E-state index in [2.05, 4.69) is 15.6 Å². The summed E-state index contributed by atoms with van der Waals surface area (Å²) in [5.41, 5.74) is 2.11. The third-order valence-electron chi connectivity index (χ3n) is 5.93. The average Bonchev–Trinajstić information content (AvgIpc) is 3.43. The van der Waals surface area contributed by atoms with Crippen molar-refractivity contribution in [1.82, 2.24) is 15.6 Å². The molecule has 1 aromatic heterocycles. The molecule has 2 aromatic carbocycles. The van der Waals surface area contributed by atoms with Gasteiger partial charge in [0.15, 0.2) is 12.2 Å². The summed E-state index contributed by atoms with van der Waals surface area (Å²) in [5, 5.41) is 15.8. The Morgan fingerprint density at radius 1 is 0.949 bits per heavy atom. The highest BCUT2D eigenvalue weighted by molar-refractivity contribution is 6.35. The molecule has 3 N–H and O–H groups in total. The lowest BCUT2D eigenvalue weighted by Crippen LogP contribution is -2.52. The van der Waals surface area contributed by atoms with Crippen LogP contribution in [0.5, 0.6) is 5.75 Å². The number of carboxylic acid groups (broad SMARTS) is 1. The minimum atomic E-state index is -1.29. The van der Waals surface area contributed by atoms with E-state index in [0.29, 0.717) is 26.9 Å². The molecule has 4 rings (SSSR count). The van der Waals surface area contributed by atoms with Gasteiger partial charge in [-0.25, -0.2) is 4.79 Å². The number of hydrogen-bond donors (Lipinski definition) is 3. The third kappa shape index (κ3) is 7.67. The highest BCUT2D eigenvalue weighted by atomic mass is 35.5. The van der Waals surface area contributed by atoms with Gasteiger partial charge in [0.1, 0.15) is 25.2 Å². The number of aliphatic carboxylic acids is 1. The van der Waals surface area contributed by atoms with Crippen molar-refractivity contribution in [2.45, 2.75) is 37.8 Å². The van der Waals surface area contributed by atoms with Gasteiger partial charge in [0.05, 0.1) is 0 Å². The van der Waals surface area contributed by atoms with Crippen LogP contribution in [0.3, 0.4) is 0 Å². The summed E-state index contributed by atoms with van der Waals surface area (Å²) in [4.78, 5) is 41.3. The first-order valence-electron chi connectivity index (χ1n) is 11.9. The summed E-state index contributed by atoms with van der Waals surface area (Å²) in [6.45, 7) is 0.0922. The van der Waals surface area contributed by atoms with E-state index in [1.807, 2.05) is 0 Å². The first-order chi connectivity index (χ1) is 18.8. The minimum Gasteiger partial charge on any atom is -0.489 e. The van der Waals surface area contributed by atoms with Gasteiger partial charge >= 0.3 is 5.97 Å². The van der Waals surface area contributed by atoms with Gasteiger partial charge in [-0.15, -0.1) is 0 Å². The molecule has 2 amide bonds. The van der Waals surface area contributed by atoms with Crippen molar-refractivity contribution in [3.8, 4) is 5.75 Å². The standard InChI is InChI=1S/C27H25Cl2N3O7/c28-20-2-1-3-21(29)19(20)14-37-18-6-4-16(5-7-18)12-22(27(35)36)32-26(34)24-23(38-15-39-24)25(33)31-13-17-8-10-30-11-9-17/h1-11,22-24H,12-15H2,(H,31,33)(H,32,34)(H,35,36)/t22-,23+,24+/m0/s1. The summed E-state index contributed by atoms with van der Waals surface area (Å²) in [7, 11) is 0. The Morgan fingerprint density at radius 2 is 1.59 bits per heavy atom. The van der Waals surface area contributed by atoms with Crippen molar-refractivity contribution < 1.29 is 33.7 Å². The Morgan fingerprint density at radius 3 is 2.23 bits per heavy atom. The Bertz CT molecular complexity index is 1290. The molecule has 2 heterocycles.